The van der Waals surface area contributed by atoms with Gasteiger partial charge in [-0.1, -0.05) is 6.07 Å². The maximum atomic E-state index is 12.0. The molecule has 104 valence electrons. The Morgan fingerprint density at radius 2 is 2.11 bits per heavy atom. The van der Waals surface area contributed by atoms with Crippen LogP contribution in [0.5, 0.6) is 5.75 Å². The van der Waals surface area contributed by atoms with Gasteiger partial charge >= 0.3 is 0 Å². The second kappa shape index (κ2) is 6.57. The van der Waals surface area contributed by atoms with Crippen LogP contribution >= 0.6 is 0 Å². The summed E-state index contributed by atoms with van der Waals surface area (Å²) in [6, 6.07) is 7.15. The number of carbonyl (C=O) groups excluding carboxylic acids is 1. The first-order chi connectivity index (χ1) is 9.19. The van der Waals surface area contributed by atoms with Gasteiger partial charge < -0.3 is 15.2 Å². The Bertz CT molecular complexity index is 425. The molecule has 19 heavy (non-hydrogen) atoms. The average Bonchev–Trinajstić information content (AvgIpc) is 2.46. The zero-order chi connectivity index (χ0) is 13.7. The van der Waals surface area contributed by atoms with E-state index in [9.17, 15) is 9.90 Å². The number of methoxy groups -OCH3 is 1. The molecule has 4 nitrogen and oxygen atoms in total. The molecule has 1 aromatic rings. The van der Waals surface area contributed by atoms with Crippen LogP contribution in [0.2, 0.25) is 0 Å². The van der Waals surface area contributed by atoms with Crippen LogP contribution in [-0.4, -0.2) is 30.8 Å². The highest BCUT2D eigenvalue weighted by Crippen LogP contribution is 2.23. The third kappa shape index (κ3) is 3.96. The Morgan fingerprint density at radius 1 is 1.37 bits per heavy atom. The summed E-state index contributed by atoms with van der Waals surface area (Å²) in [5.74, 6) is 1.11. The number of aliphatic hydroxyl groups is 1. The fourth-order valence-electron chi connectivity index (χ4n) is 2.45. The summed E-state index contributed by atoms with van der Waals surface area (Å²) in [6.45, 7) is 0.683. The number of hydrogen-bond donors (Lipinski definition) is 2. The molecule has 0 spiro atoms. The standard InChI is InChI=1S/C15H21NO3/c1-19-14-4-2-3-12(9-14)15(18)16-10-11-5-7-13(17)8-6-11/h2-4,9,11,13,17H,5-8,10H2,1H3,(H,16,18). The summed E-state index contributed by atoms with van der Waals surface area (Å²) in [5.41, 5.74) is 0.621. The highest BCUT2D eigenvalue weighted by molar-refractivity contribution is 5.94. The number of nitrogens with one attached hydrogen (secondary N) is 1. The van der Waals surface area contributed by atoms with Crippen molar-refractivity contribution in [3.8, 4) is 5.75 Å². The zero-order valence-corrected chi connectivity index (χ0v) is 11.3. The Kier molecular flexibility index (Phi) is 4.80. The van der Waals surface area contributed by atoms with Gasteiger partial charge in [-0.2, -0.15) is 0 Å². The van der Waals surface area contributed by atoms with Gasteiger partial charge in [0.25, 0.3) is 5.91 Å². The van der Waals surface area contributed by atoms with Gasteiger partial charge in [0.05, 0.1) is 13.2 Å². The molecule has 1 aliphatic carbocycles. The van der Waals surface area contributed by atoms with Crippen molar-refractivity contribution in [2.24, 2.45) is 5.92 Å². The molecular formula is C15H21NO3. The summed E-state index contributed by atoms with van der Waals surface area (Å²) < 4.78 is 5.10. The second-order valence-corrected chi connectivity index (χ2v) is 5.12. The quantitative estimate of drug-likeness (QED) is 0.873. The van der Waals surface area contributed by atoms with Crippen LogP contribution in [0.1, 0.15) is 36.0 Å². The number of aliphatic hydroxyl groups excluding tert-OH is 1. The minimum atomic E-state index is -0.148. The van der Waals surface area contributed by atoms with Crippen LogP contribution in [0.3, 0.4) is 0 Å². The van der Waals surface area contributed by atoms with Crippen LogP contribution in [0.4, 0.5) is 0 Å². The number of carbonyl (C=O) groups is 1. The minimum Gasteiger partial charge on any atom is -0.497 e. The Morgan fingerprint density at radius 3 is 2.79 bits per heavy atom. The maximum absolute atomic E-state index is 12.0. The topological polar surface area (TPSA) is 58.6 Å². The molecular weight excluding hydrogens is 242 g/mol. The van der Waals surface area contributed by atoms with E-state index in [1.807, 2.05) is 12.1 Å². The molecule has 0 aromatic heterocycles. The van der Waals surface area contributed by atoms with Crippen molar-refractivity contribution in [2.45, 2.75) is 31.8 Å². The molecule has 1 fully saturated rings. The molecule has 2 rings (SSSR count). The fraction of sp³-hybridized carbons (Fsp3) is 0.533. The molecule has 0 aliphatic heterocycles. The van der Waals surface area contributed by atoms with E-state index in [1.165, 1.54) is 0 Å². The fourth-order valence-corrected chi connectivity index (χ4v) is 2.45. The van der Waals surface area contributed by atoms with Crippen LogP contribution in [-0.2, 0) is 0 Å². The van der Waals surface area contributed by atoms with E-state index in [4.69, 9.17) is 4.74 Å². The smallest absolute Gasteiger partial charge is 0.251 e. The van der Waals surface area contributed by atoms with E-state index < -0.39 is 0 Å². The van der Waals surface area contributed by atoms with E-state index in [1.54, 1.807) is 19.2 Å². The van der Waals surface area contributed by atoms with Crippen molar-refractivity contribution < 1.29 is 14.6 Å². The van der Waals surface area contributed by atoms with Gasteiger partial charge in [0.2, 0.25) is 0 Å². The average molecular weight is 263 g/mol. The lowest BCUT2D eigenvalue weighted by molar-refractivity contribution is 0.0910. The molecule has 0 atom stereocenters. The lowest BCUT2D eigenvalue weighted by Crippen LogP contribution is -2.32. The van der Waals surface area contributed by atoms with Gasteiger partial charge in [0.1, 0.15) is 5.75 Å². The van der Waals surface area contributed by atoms with Crippen molar-refractivity contribution in [2.75, 3.05) is 13.7 Å². The molecule has 0 saturated heterocycles. The van der Waals surface area contributed by atoms with E-state index in [-0.39, 0.29) is 12.0 Å². The molecule has 0 radical (unpaired) electrons. The van der Waals surface area contributed by atoms with E-state index in [2.05, 4.69) is 5.32 Å². The first-order valence-electron chi connectivity index (χ1n) is 6.79. The Labute approximate surface area is 113 Å². The third-order valence-electron chi connectivity index (χ3n) is 3.70. The predicted octanol–water partition coefficient (Wildman–Crippen LogP) is 1.98. The Hall–Kier alpha value is -1.55. The molecule has 0 unspecified atom stereocenters. The highest BCUT2D eigenvalue weighted by atomic mass is 16.5. The van der Waals surface area contributed by atoms with Crippen molar-refractivity contribution in [1.82, 2.24) is 5.32 Å². The molecule has 2 N–H and O–H groups in total. The van der Waals surface area contributed by atoms with Crippen LogP contribution in [0.25, 0.3) is 0 Å². The van der Waals surface area contributed by atoms with Crippen molar-refractivity contribution in [3.63, 3.8) is 0 Å². The van der Waals surface area contributed by atoms with Crippen LogP contribution < -0.4 is 10.1 Å². The molecule has 4 heteroatoms. The monoisotopic (exact) mass is 263 g/mol. The minimum absolute atomic E-state index is 0.0648. The normalized spacial score (nSPS) is 22.8. The number of rotatable bonds is 4. The lowest BCUT2D eigenvalue weighted by atomic mass is 9.87. The van der Waals surface area contributed by atoms with Gasteiger partial charge in [0.15, 0.2) is 0 Å². The van der Waals surface area contributed by atoms with Gasteiger partial charge in [-0.05, 0) is 49.8 Å². The molecule has 0 heterocycles. The highest BCUT2D eigenvalue weighted by Gasteiger charge is 2.19. The number of benzene rings is 1. The summed E-state index contributed by atoms with van der Waals surface area (Å²) in [7, 11) is 1.59. The van der Waals surface area contributed by atoms with Gasteiger partial charge in [-0.15, -0.1) is 0 Å². The molecule has 1 saturated carbocycles. The van der Waals surface area contributed by atoms with Gasteiger partial charge in [0, 0.05) is 12.1 Å². The first-order valence-corrected chi connectivity index (χ1v) is 6.79. The summed E-state index contributed by atoms with van der Waals surface area (Å²) >= 11 is 0. The SMILES string of the molecule is COc1cccc(C(=O)NCC2CCC(O)CC2)c1. The molecule has 1 aliphatic rings. The first kappa shape index (κ1) is 13.9. The molecule has 0 bridgehead atoms. The number of ether oxygens (including phenoxy) is 1. The summed E-state index contributed by atoms with van der Waals surface area (Å²) in [6.07, 6.45) is 3.52. The van der Waals surface area contributed by atoms with Crippen molar-refractivity contribution in [3.05, 3.63) is 29.8 Å². The largest absolute Gasteiger partial charge is 0.497 e. The van der Waals surface area contributed by atoms with E-state index in [0.29, 0.717) is 23.8 Å². The maximum Gasteiger partial charge on any atom is 0.251 e. The molecule has 1 aromatic carbocycles. The third-order valence-corrected chi connectivity index (χ3v) is 3.70. The zero-order valence-electron chi connectivity index (χ0n) is 11.3. The number of hydrogen-bond acceptors (Lipinski definition) is 3. The predicted molar refractivity (Wildman–Crippen MR) is 73.3 cm³/mol. The van der Waals surface area contributed by atoms with E-state index in [0.717, 1.165) is 25.7 Å². The van der Waals surface area contributed by atoms with Crippen molar-refractivity contribution >= 4 is 5.91 Å². The van der Waals surface area contributed by atoms with Crippen LogP contribution in [0, 0.1) is 5.92 Å². The van der Waals surface area contributed by atoms with Crippen molar-refractivity contribution in [1.29, 1.82) is 0 Å². The number of amides is 1. The Balaban J connectivity index is 1.83. The summed E-state index contributed by atoms with van der Waals surface area (Å²) in [5, 5.41) is 12.4. The molecule has 1 amide bonds. The van der Waals surface area contributed by atoms with Gasteiger partial charge in [-0.25, -0.2) is 0 Å². The lowest BCUT2D eigenvalue weighted by Gasteiger charge is -2.25. The second-order valence-electron chi connectivity index (χ2n) is 5.12. The van der Waals surface area contributed by atoms with Gasteiger partial charge in [-0.3, -0.25) is 4.79 Å². The van der Waals surface area contributed by atoms with E-state index >= 15 is 0 Å². The summed E-state index contributed by atoms with van der Waals surface area (Å²) in [4.78, 5) is 12.0. The van der Waals surface area contributed by atoms with Crippen LogP contribution in [0.15, 0.2) is 24.3 Å².